The van der Waals surface area contributed by atoms with E-state index in [0.29, 0.717) is 33.7 Å². The zero-order valence-electron chi connectivity index (χ0n) is 32.5. The van der Waals surface area contributed by atoms with Gasteiger partial charge in [-0.25, -0.2) is 9.69 Å². The number of benzene rings is 8. The van der Waals surface area contributed by atoms with Crippen molar-refractivity contribution in [3.8, 4) is 50.8 Å². The highest BCUT2D eigenvalue weighted by Gasteiger charge is 2.36. The van der Waals surface area contributed by atoms with Gasteiger partial charge >= 0.3 is 6.18 Å². The molecule has 0 spiro atoms. The Bertz CT molecular complexity index is 3590. The van der Waals surface area contributed by atoms with Gasteiger partial charge in [-0.15, -0.1) is 0 Å². The van der Waals surface area contributed by atoms with Crippen LogP contribution in [0.2, 0.25) is 0 Å². The second kappa shape index (κ2) is 14.2. The second-order valence-electron chi connectivity index (χ2n) is 15.0. The number of alkyl halides is 3. The predicted octanol–water partition coefficient (Wildman–Crippen LogP) is 15.2. The molecular formula is C53H30F3N5. The molecule has 0 saturated heterocycles. The minimum absolute atomic E-state index is 0.00447. The van der Waals surface area contributed by atoms with E-state index in [1.165, 1.54) is 6.07 Å². The maximum atomic E-state index is 15.1. The van der Waals surface area contributed by atoms with Gasteiger partial charge in [0.25, 0.3) is 0 Å². The largest absolute Gasteiger partial charge is 0.417 e. The second-order valence-corrected chi connectivity index (χ2v) is 15.0. The summed E-state index contributed by atoms with van der Waals surface area (Å²) in [4.78, 5) is 7.92. The maximum Gasteiger partial charge on any atom is 0.417 e. The number of halogens is 3. The summed E-state index contributed by atoms with van der Waals surface area (Å²) in [5.41, 5.74) is 8.22. The zero-order chi connectivity index (χ0) is 42.0. The van der Waals surface area contributed by atoms with Crippen molar-refractivity contribution < 1.29 is 13.2 Å². The van der Waals surface area contributed by atoms with E-state index in [-0.39, 0.29) is 16.8 Å². The van der Waals surface area contributed by atoms with Crippen LogP contribution in [0.4, 0.5) is 24.5 Å². The SMILES string of the molecule is [C-]#[N+]c1cccc(-c2ccc3c4ccccc4n(-c4c(-c5c(C)cccc5C(F)(F)F)ccc(-n5c6ccccc6c6ccc(-c7cccc(C#N)c7)cc65)c4[N+]#[C-])c3c2)c1. The minimum atomic E-state index is -4.69. The molecule has 288 valence electrons. The number of fused-ring (bicyclic) bond motifs is 6. The Morgan fingerprint density at radius 3 is 1.75 bits per heavy atom. The first-order valence-corrected chi connectivity index (χ1v) is 19.5. The van der Waals surface area contributed by atoms with Crippen LogP contribution in [0.25, 0.3) is 98.1 Å². The molecule has 10 aromatic rings. The fraction of sp³-hybridized carbons (Fsp3) is 0.0377. The molecule has 0 aliphatic carbocycles. The summed E-state index contributed by atoms with van der Waals surface area (Å²) in [6.07, 6.45) is -4.69. The third-order valence-corrected chi connectivity index (χ3v) is 11.5. The molecular weight excluding hydrogens is 764 g/mol. The molecule has 10 rings (SSSR count). The van der Waals surface area contributed by atoms with Crippen LogP contribution in [0.5, 0.6) is 0 Å². The number of hydrogen-bond donors (Lipinski definition) is 0. The van der Waals surface area contributed by atoms with Gasteiger partial charge in [0.2, 0.25) is 5.69 Å². The molecule has 0 aliphatic rings. The van der Waals surface area contributed by atoms with Crippen molar-refractivity contribution in [2.75, 3.05) is 0 Å². The Morgan fingerprint density at radius 2 is 1.11 bits per heavy atom. The van der Waals surface area contributed by atoms with Crippen molar-refractivity contribution in [3.05, 3.63) is 203 Å². The average molecular weight is 794 g/mol. The van der Waals surface area contributed by atoms with Crippen molar-refractivity contribution in [2.45, 2.75) is 13.1 Å². The highest BCUT2D eigenvalue weighted by Crippen LogP contribution is 2.49. The van der Waals surface area contributed by atoms with Crippen molar-refractivity contribution in [1.82, 2.24) is 9.13 Å². The fourth-order valence-electron chi connectivity index (χ4n) is 8.87. The van der Waals surface area contributed by atoms with E-state index in [1.807, 2.05) is 130 Å². The van der Waals surface area contributed by atoms with Gasteiger partial charge in [0.15, 0.2) is 5.69 Å². The summed E-state index contributed by atoms with van der Waals surface area (Å²) >= 11 is 0. The van der Waals surface area contributed by atoms with Crippen molar-refractivity contribution in [1.29, 1.82) is 5.26 Å². The first-order chi connectivity index (χ1) is 29.7. The number of hydrogen-bond acceptors (Lipinski definition) is 1. The van der Waals surface area contributed by atoms with E-state index < -0.39 is 11.7 Å². The highest BCUT2D eigenvalue weighted by atomic mass is 19.4. The Kier molecular flexibility index (Phi) is 8.58. The van der Waals surface area contributed by atoms with Crippen LogP contribution < -0.4 is 0 Å². The lowest BCUT2D eigenvalue weighted by Gasteiger charge is -2.23. The fourth-order valence-corrected chi connectivity index (χ4v) is 8.87. The molecule has 0 radical (unpaired) electrons. The van der Waals surface area contributed by atoms with Crippen LogP contribution in [-0.2, 0) is 6.18 Å². The molecule has 2 aromatic heterocycles. The van der Waals surface area contributed by atoms with Crippen molar-refractivity contribution >= 4 is 55.0 Å². The zero-order valence-corrected chi connectivity index (χ0v) is 32.5. The van der Waals surface area contributed by atoms with Crippen LogP contribution >= 0.6 is 0 Å². The molecule has 2 heterocycles. The molecule has 0 N–H and O–H groups in total. The molecule has 5 nitrogen and oxygen atoms in total. The van der Waals surface area contributed by atoms with E-state index in [9.17, 15) is 5.26 Å². The quantitative estimate of drug-likeness (QED) is 0.160. The topological polar surface area (TPSA) is 42.4 Å². The van der Waals surface area contributed by atoms with Gasteiger partial charge in [-0.3, -0.25) is 0 Å². The number of rotatable bonds is 5. The van der Waals surface area contributed by atoms with Gasteiger partial charge in [0, 0.05) is 21.5 Å². The van der Waals surface area contributed by atoms with Crippen LogP contribution in [0, 0.1) is 31.4 Å². The molecule has 8 aromatic carbocycles. The Morgan fingerprint density at radius 1 is 0.541 bits per heavy atom. The van der Waals surface area contributed by atoms with Gasteiger partial charge in [-0.2, -0.15) is 18.4 Å². The molecule has 0 atom stereocenters. The van der Waals surface area contributed by atoms with Crippen LogP contribution in [0.15, 0.2) is 164 Å². The van der Waals surface area contributed by atoms with E-state index in [1.54, 1.807) is 37.3 Å². The lowest BCUT2D eigenvalue weighted by Crippen LogP contribution is -2.10. The monoisotopic (exact) mass is 793 g/mol. The summed E-state index contributed by atoms with van der Waals surface area (Å²) < 4.78 is 49.4. The summed E-state index contributed by atoms with van der Waals surface area (Å²) in [6.45, 7) is 18.3. The van der Waals surface area contributed by atoms with Crippen molar-refractivity contribution in [3.63, 3.8) is 0 Å². The Balaban J connectivity index is 1.37. The van der Waals surface area contributed by atoms with Gasteiger partial charge in [-0.1, -0.05) is 109 Å². The van der Waals surface area contributed by atoms with E-state index >= 15 is 13.2 Å². The first-order valence-electron chi connectivity index (χ1n) is 19.5. The van der Waals surface area contributed by atoms with Gasteiger partial charge in [0.05, 0.1) is 63.8 Å². The summed E-state index contributed by atoms with van der Waals surface area (Å²) in [6, 6.07) is 52.3. The van der Waals surface area contributed by atoms with E-state index in [4.69, 9.17) is 13.1 Å². The predicted molar refractivity (Wildman–Crippen MR) is 238 cm³/mol. The molecule has 0 unspecified atom stereocenters. The number of aromatic nitrogens is 2. The Hall–Kier alpha value is -8.38. The molecule has 0 amide bonds. The number of nitrogens with zero attached hydrogens (tertiary/aromatic N) is 5. The molecule has 0 fully saturated rings. The highest BCUT2D eigenvalue weighted by molar-refractivity contribution is 6.13. The summed E-state index contributed by atoms with van der Waals surface area (Å²) in [5.74, 6) is 0. The standard InChI is InChI=1S/C53H30F3N5/c1-32-11-8-18-44(53(54,55)56)50(32)43-25-26-47(60-45-19-6-4-16-39(45)41-23-21-36(29-48(41)60)34-13-9-12-33(27-34)31-57)51(59-3)52(43)61-46-20-7-5-17-40(46)42-24-22-37(30-49(42)61)35-14-10-15-38(28-35)58-2/h4-30H,1H3. The third-order valence-electron chi connectivity index (χ3n) is 11.5. The average Bonchev–Trinajstić information content (AvgIpc) is 3.80. The van der Waals surface area contributed by atoms with Gasteiger partial charge in [0.1, 0.15) is 0 Å². The van der Waals surface area contributed by atoms with Crippen LogP contribution in [0.1, 0.15) is 16.7 Å². The maximum absolute atomic E-state index is 15.1. The molecule has 0 bridgehead atoms. The molecule has 8 heteroatoms. The van der Waals surface area contributed by atoms with Crippen molar-refractivity contribution in [2.24, 2.45) is 0 Å². The lowest BCUT2D eigenvalue weighted by atomic mass is 9.92. The van der Waals surface area contributed by atoms with Gasteiger partial charge in [-0.05, 0) is 100 Å². The number of nitriles is 1. The normalized spacial score (nSPS) is 11.6. The van der Waals surface area contributed by atoms with E-state index in [0.717, 1.165) is 66.4 Å². The Labute approximate surface area is 348 Å². The molecule has 0 saturated carbocycles. The molecule has 61 heavy (non-hydrogen) atoms. The van der Waals surface area contributed by atoms with E-state index in [2.05, 4.69) is 15.8 Å². The van der Waals surface area contributed by atoms with Crippen LogP contribution in [0.3, 0.4) is 0 Å². The van der Waals surface area contributed by atoms with Crippen LogP contribution in [-0.4, -0.2) is 9.13 Å². The minimum Gasteiger partial charge on any atom is -0.319 e. The number of para-hydroxylation sites is 2. The third kappa shape index (κ3) is 5.91. The lowest BCUT2D eigenvalue weighted by molar-refractivity contribution is -0.137. The summed E-state index contributed by atoms with van der Waals surface area (Å²) in [7, 11) is 0. The smallest absolute Gasteiger partial charge is 0.319 e. The molecule has 0 aliphatic heterocycles. The number of aryl methyl sites for hydroxylation is 1. The summed E-state index contributed by atoms with van der Waals surface area (Å²) in [5, 5.41) is 13.3. The van der Waals surface area contributed by atoms with Gasteiger partial charge < -0.3 is 9.13 Å². The first kappa shape index (κ1) is 36.9.